The molecule has 0 bridgehead atoms. The maximum atomic E-state index is 12.1. The highest BCUT2D eigenvalue weighted by Crippen LogP contribution is 2.29. The van der Waals surface area contributed by atoms with Crippen LogP contribution in [0.2, 0.25) is 0 Å². The molecule has 0 spiro atoms. The van der Waals surface area contributed by atoms with E-state index in [1.807, 2.05) is 20.8 Å². The topological polar surface area (TPSA) is 60.3 Å². The van der Waals surface area contributed by atoms with Crippen molar-refractivity contribution in [1.82, 2.24) is 4.57 Å². The largest absolute Gasteiger partial charge is 0.465 e. The molecule has 2 heterocycles. The molecule has 0 unspecified atom stereocenters. The van der Waals surface area contributed by atoms with E-state index in [0.717, 1.165) is 4.88 Å². The zero-order valence-electron chi connectivity index (χ0n) is 14.4. The molecule has 0 amide bonds. The molecule has 2 aromatic heterocycles. The highest BCUT2D eigenvalue weighted by molar-refractivity contribution is 7.15. The van der Waals surface area contributed by atoms with Crippen molar-refractivity contribution in [2.75, 3.05) is 12.4 Å². The molecule has 6 heteroatoms. The van der Waals surface area contributed by atoms with E-state index >= 15 is 0 Å². The third-order valence-electron chi connectivity index (χ3n) is 3.06. The lowest BCUT2D eigenvalue weighted by Crippen LogP contribution is -2.18. The molecule has 0 aromatic carbocycles. The Morgan fingerprint density at radius 2 is 2.04 bits per heavy atom. The van der Waals surface area contributed by atoms with Gasteiger partial charge in [-0.25, -0.2) is 4.79 Å². The van der Waals surface area contributed by atoms with Gasteiger partial charge in [0.15, 0.2) is 0 Å². The number of ether oxygens (including phenoxy) is 1. The number of aromatic nitrogens is 1. The number of nitrogens with one attached hydrogen (secondary N) is 1. The number of hydrogen-bond donors (Lipinski definition) is 1. The van der Waals surface area contributed by atoms with Crippen LogP contribution in [0.4, 0.5) is 11.4 Å². The van der Waals surface area contributed by atoms with E-state index in [9.17, 15) is 9.59 Å². The van der Waals surface area contributed by atoms with Crippen LogP contribution in [0.15, 0.2) is 29.2 Å². The van der Waals surface area contributed by atoms with E-state index in [-0.39, 0.29) is 11.0 Å². The van der Waals surface area contributed by atoms with Crippen LogP contribution in [0.25, 0.3) is 0 Å². The van der Waals surface area contributed by atoms with Crippen molar-refractivity contribution in [2.45, 2.75) is 20.8 Å². The van der Waals surface area contributed by atoms with E-state index in [0.29, 0.717) is 16.3 Å². The highest BCUT2D eigenvalue weighted by atomic mass is 32.1. The van der Waals surface area contributed by atoms with Gasteiger partial charge < -0.3 is 14.6 Å². The fourth-order valence-electron chi connectivity index (χ4n) is 1.88. The van der Waals surface area contributed by atoms with Crippen LogP contribution in [-0.2, 0) is 11.8 Å². The summed E-state index contributed by atoms with van der Waals surface area (Å²) in [5.41, 5.74) is 0.590. The van der Waals surface area contributed by atoms with Crippen molar-refractivity contribution in [3.8, 4) is 11.8 Å². The second kappa shape index (κ2) is 6.93. The Hall–Kier alpha value is -2.52. The summed E-state index contributed by atoms with van der Waals surface area (Å²) in [4.78, 5) is 25.3. The SMILES string of the molecule is COC(=O)c1sc(C#CC(C)(C)C)cc1Nc1cccn(C)c1=O. The predicted molar refractivity (Wildman–Crippen MR) is 97.0 cm³/mol. The normalized spacial score (nSPS) is 10.7. The average Bonchev–Trinajstić information content (AvgIpc) is 2.91. The van der Waals surface area contributed by atoms with Crippen LogP contribution in [0.1, 0.15) is 35.3 Å². The van der Waals surface area contributed by atoms with Crippen molar-refractivity contribution in [1.29, 1.82) is 0 Å². The zero-order valence-corrected chi connectivity index (χ0v) is 15.2. The highest BCUT2D eigenvalue weighted by Gasteiger charge is 2.18. The third kappa shape index (κ3) is 4.27. The van der Waals surface area contributed by atoms with Gasteiger partial charge in [0.1, 0.15) is 10.6 Å². The summed E-state index contributed by atoms with van der Waals surface area (Å²) >= 11 is 1.24. The number of nitrogens with zero attached hydrogens (tertiary/aromatic N) is 1. The van der Waals surface area contributed by atoms with Crippen LogP contribution < -0.4 is 10.9 Å². The van der Waals surface area contributed by atoms with Gasteiger partial charge in [-0.05, 0) is 39.0 Å². The molecular weight excluding hydrogens is 324 g/mol. The second-order valence-corrected chi connectivity index (χ2v) is 7.36. The molecule has 24 heavy (non-hydrogen) atoms. The maximum Gasteiger partial charge on any atom is 0.350 e. The Kier molecular flexibility index (Phi) is 5.15. The molecule has 0 aliphatic carbocycles. The van der Waals surface area contributed by atoms with Gasteiger partial charge in [-0.3, -0.25) is 4.79 Å². The van der Waals surface area contributed by atoms with Gasteiger partial charge >= 0.3 is 5.97 Å². The molecule has 0 aliphatic heterocycles. The van der Waals surface area contributed by atoms with E-state index < -0.39 is 5.97 Å². The third-order valence-corrected chi connectivity index (χ3v) is 4.09. The summed E-state index contributed by atoms with van der Waals surface area (Å²) in [7, 11) is 3.00. The van der Waals surface area contributed by atoms with Gasteiger partial charge in [-0.1, -0.05) is 11.8 Å². The zero-order chi connectivity index (χ0) is 17.9. The van der Waals surface area contributed by atoms with Gasteiger partial charge in [0.05, 0.1) is 17.7 Å². The molecule has 0 saturated carbocycles. The fourth-order valence-corrected chi connectivity index (χ4v) is 2.76. The number of aryl methyl sites for hydroxylation is 1. The molecular formula is C18H20N2O3S. The Bertz CT molecular complexity index is 876. The number of thiophene rings is 1. The first kappa shape index (κ1) is 17.8. The first-order chi connectivity index (χ1) is 11.2. The molecule has 0 saturated heterocycles. The minimum Gasteiger partial charge on any atom is -0.465 e. The second-order valence-electron chi connectivity index (χ2n) is 6.31. The summed E-state index contributed by atoms with van der Waals surface area (Å²) < 4.78 is 6.29. The molecule has 1 N–H and O–H groups in total. The molecule has 0 aliphatic rings. The van der Waals surface area contributed by atoms with Crippen molar-refractivity contribution < 1.29 is 9.53 Å². The average molecular weight is 344 g/mol. The van der Waals surface area contributed by atoms with Crippen LogP contribution in [-0.4, -0.2) is 17.6 Å². The Morgan fingerprint density at radius 1 is 1.33 bits per heavy atom. The summed E-state index contributed by atoms with van der Waals surface area (Å²) in [6.45, 7) is 6.05. The first-order valence-electron chi connectivity index (χ1n) is 7.39. The van der Waals surface area contributed by atoms with Crippen molar-refractivity contribution in [3.05, 3.63) is 44.5 Å². The summed E-state index contributed by atoms with van der Waals surface area (Å²) in [6.07, 6.45) is 1.67. The minimum atomic E-state index is -0.459. The molecule has 126 valence electrons. The number of carbonyl (C=O) groups excluding carboxylic acids is 1. The van der Waals surface area contributed by atoms with Gasteiger partial charge in [0.2, 0.25) is 0 Å². The Morgan fingerprint density at radius 3 is 2.67 bits per heavy atom. The number of rotatable bonds is 3. The van der Waals surface area contributed by atoms with Gasteiger partial charge in [0.25, 0.3) is 5.56 Å². The number of hydrogen-bond acceptors (Lipinski definition) is 5. The fraction of sp³-hybridized carbons (Fsp3) is 0.333. The number of anilines is 2. The van der Waals surface area contributed by atoms with Crippen LogP contribution >= 0.6 is 11.3 Å². The molecule has 5 nitrogen and oxygen atoms in total. The van der Waals surface area contributed by atoms with Crippen molar-refractivity contribution in [2.24, 2.45) is 12.5 Å². The van der Waals surface area contributed by atoms with Crippen molar-refractivity contribution in [3.63, 3.8) is 0 Å². The molecule has 0 atom stereocenters. The smallest absolute Gasteiger partial charge is 0.350 e. The maximum absolute atomic E-state index is 12.1. The Balaban J connectivity index is 2.45. The van der Waals surface area contributed by atoms with E-state index in [1.165, 1.54) is 23.0 Å². The lowest BCUT2D eigenvalue weighted by molar-refractivity contribution is 0.0607. The predicted octanol–water partition coefficient (Wildman–Crippen LogP) is 3.37. The lowest BCUT2D eigenvalue weighted by Gasteiger charge is -2.07. The first-order valence-corrected chi connectivity index (χ1v) is 8.21. The molecule has 0 radical (unpaired) electrons. The van der Waals surface area contributed by atoms with Gasteiger partial charge in [0, 0.05) is 18.7 Å². The standard InChI is InChI=1S/C18H20N2O3S/c1-18(2,3)9-8-12-11-14(15(24-12)17(22)23-5)19-13-7-6-10-20(4)16(13)21/h6-7,10-11,19H,1-5H3. The number of methoxy groups -OCH3 is 1. The summed E-state index contributed by atoms with van der Waals surface area (Å²) in [5, 5.41) is 3.02. The quantitative estimate of drug-likeness (QED) is 0.685. The number of esters is 1. The van der Waals surface area contributed by atoms with E-state index in [1.54, 1.807) is 31.4 Å². The number of pyridine rings is 1. The molecule has 2 aromatic rings. The van der Waals surface area contributed by atoms with Crippen molar-refractivity contribution >= 4 is 28.7 Å². The van der Waals surface area contributed by atoms with Crippen LogP contribution in [0.3, 0.4) is 0 Å². The Labute approximate surface area is 145 Å². The number of carbonyl (C=O) groups is 1. The van der Waals surface area contributed by atoms with Crippen LogP contribution in [0.5, 0.6) is 0 Å². The molecule has 0 fully saturated rings. The summed E-state index contributed by atoms with van der Waals surface area (Å²) in [5.74, 6) is 5.75. The van der Waals surface area contributed by atoms with Crippen LogP contribution in [0, 0.1) is 17.3 Å². The van der Waals surface area contributed by atoms with Gasteiger partial charge in [-0.15, -0.1) is 11.3 Å². The van der Waals surface area contributed by atoms with Gasteiger partial charge in [-0.2, -0.15) is 0 Å². The summed E-state index contributed by atoms with van der Waals surface area (Å²) in [6, 6.07) is 5.19. The minimum absolute atomic E-state index is 0.140. The van der Waals surface area contributed by atoms with E-state index in [4.69, 9.17) is 4.74 Å². The van der Waals surface area contributed by atoms with E-state index in [2.05, 4.69) is 17.2 Å². The molecule has 2 rings (SSSR count). The monoisotopic (exact) mass is 344 g/mol. The lowest BCUT2D eigenvalue weighted by atomic mass is 9.98.